The summed E-state index contributed by atoms with van der Waals surface area (Å²) >= 11 is 0. The highest BCUT2D eigenvalue weighted by molar-refractivity contribution is 5.35. The monoisotopic (exact) mass is 298 g/mol. The Hall–Kier alpha value is -2.28. The van der Waals surface area contributed by atoms with Gasteiger partial charge in [0.1, 0.15) is 17.2 Å². The average Bonchev–Trinajstić information content (AvgIpc) is 2.40. The molecule has 0 saturated heterocycles. The molecule has 0 aliphatic carbocycles. The van der Waals surface area contributed by atoms with Gasteiger partial charge in [0.2, 0.25) is 0 Å². The fraction of sp³-hybridized carbons (Fsp3) is 0.214. The Labute approximate surface area is 119 Å². The zero-order valence-corrected chi connectivity index (χ0v) is 11.1. The zero-order valence-electron chi connectivity index (χ0n) is 11.1. The molecule has 7 heteroatoms. The van der Waals surface area contributed by atoms with E-state index in [4.69, 9.17) is 4.74 Å². The Balaban J connectivity index is 2.04. The number of aromatic nitrogens is 1. The molecule has 0 saturated carbocycles. The van der Waals surface area contributed by atoms with Crippen LogP contribution >= 0.6 is 0 Å². The average molecular weight is 298 g/mol. The first kappa shape index (κ1) is 15.1. The van der Waals surface area contributed by atoms with Crippen LogP contribution in [0.4, 0.5) is 13.2 Å². The van der Waals surface area contributed by atoms with Crippen LogP contribution in [0.5, 0.6) is 17.2 Å². The Morgan fingerprint density at radius 1 is 1.05 bits per heavy atom. The number of ether oxygens (including phenoxy) is 2. The van der Waals surface area contributed by atoms with E-state index in [1.54, 1.807) is 25.4 Å². The summed E-state index contributed by atoms with van der Waals surface area (Å²) in [4.78, 5) is 4.14. The van der Waals surface area contributed by atoms with E-state index < -0.39 is 6.36 Å². The molecule has 1 aromatic carbocycles. The minimum absolute atomic E-state index is 0.291. The third kappa shape index (κ3) is 4.96. The highest BCUT2D eigenvalue weighted by Crippen LogP contribution is 2.27. The molecule has 0 amide bonds. The van der Waals surface area contributed by atoms with Crippen molar-refractivity contribution in [2.45, 2.75) is 12.9 Å². The van der Waals surface area contributed by atoms with Crippen LogP contribution in [0.3, 0.4) is 0 Å². The number of hydrogen-bond acceptors (Lipinski definition) is 4. The number of rotatable bonds is 5. The Morgan fingerprint density at radius 3 is 2.33 bits per heavy atom. The molecule has 0 unspecified atom stereocenters. The summed E-state index contributed by atoms with van der Waals surface area (Å²) in [5, 5.41) is 2.96. The minimum Gasteiger partial charge on any atom is -0.457 e. The van der Waals surface area contributed by atoms with Crippen LogP contribution in [0.2, 0.25) is 0 Å². The molecule has 1 heterocycles. The third-order valence-corrected chi connectivity index (χ3v) is 2.44. The zero-order chi connectivity index (χ0) is 15.3. The van der Waals surface area contributed by atoms with Crippen molar-refractivity contribution in [1.82, 2.24) is 10.3 Å². The van der Waals surface area contributed by atoms with Crippen molar-refractivity contribution in [2.75, 3.05) is 7.05 Å². The van der Waals surface area contributed by atoms with E-state index in [9.17, 15) is 13.2 Å². The van der Waals surface area contributed by atoms with E-state index in [-0.39, 0.29) is 5.75 Å². The lowest BCUT2D eigenvalue weighted by atomic mass is 10.3. The maximum atomic E-state index is 12.0. The van der Waals surface area contributed by atoms with Gasteiger partial charge in [-0.25, -0.2) is 0 Å². The van der Waals surface area contributed by atoms with Gasteiger partial charge in [-0.2, -0.15) is 0 Å². The number of nitrogens with zero attached hydrogens (tertiary/aromatic N) is 1. The van der Waals surface area contributed by atoms with Gasteiger partial charge in [0, 0.05) is 18.8 Å². The number of halogens is 3. The van der Waals surface area contributed by atoms with Gasteiger partial charge in [-0.3, -0.25) is 4.98 Å². The lowest BCUT2D eigenvalue weighted by Gasteiger charge is -2.10. The van der Waals surface area contributed by atoms with Crippen LogP contribution in [-0.2, 0) is 6.54 Å². The molecule has 0 aliphatic rings. The third-order valence-electron chi connectivity index (χ3n) is 2.44. The van der Waals surface area contributed by atoms with Crippen molar-refractivity contribution in [3.8, 4) is 17.2 Å². The second-order valence-electron chi connectivity index (χ2n) is 4.13. The molecule has 2 rings (SSSR count). The molecule has 0 atom stereocenters. The first-order valence-electron chi connectivity index (χ1n) is 6.09. The van der Waals surface area contributed by atoms with E-state index in [1.165, 1.54) is 24.3 Å². The van der Waals surface area contributed by atoms with Gasteiger partial charge in [-0.15, -0.1) is 13.2 Å². The van der Waals surface area contributed by atoms with Gasteiger partial charge < -0.3 is 14.8 Å². The Kier molecular flexibility index (Phi) is 4.64. The van der Waals surface area contributed by atoms with Crippen molar-refractivity contribution in [3.05, 3.63) is 48.3 Å². The lowest BCUT2D eigenvalue weighted by Crippen LogP contribution is -2.16. The van der Waals surface area contributed by atoms with Gasteiger partial charge >= 0.3 is 6.36 Å². The molecule has 4 nitrogen and oxygen atoms in total. The highest BCUT2D eigenvalue weighted by Gasteiger charge is 2.30. The van der Waals surface area contributed by atoms with Crippen LogP contribution < -0.4 is 14.8 Å². The number of nitrogens with one attached hydrogen (secondary N) is 1. The molecule has 1 N–H and O–H groups in total. The molecule has 0 fully saturated rings. The van der Waals surface area contributed by atoms with Crippen molar-refractivity contribution < 1.29 is 22.6 Å². The number of hydrogen-bond donors (Lipinski definition) is 1. The summed E-state index contributed by atoms with van der Waals surface area (Å²) in [6.07, 6.45) is -3.10. The predicted octanol–water partition coefficient (Wildman–Crippen LogP) is 3.49. The number of alkyl halides is 3. The van der Waals surface area contributed by atoms with E-state index in [2.05, 4.69) is 15.0 Å². The van der Waals surface area contributed by atoms with Crippen LogP contribution in [0.1, 0.15) is 5.69 Å². The standard InChI is InChI=1S/C14H13F3N2O2/c1-18-9-10-8-13(6-7-19-10)20-11-2-4-12(5-3-11)21-14(15,16)17/h2-8,18H,9H2,1H3. The maximum Gasteiger partial charge on any atom is 0.573 e. The van der Waals surface area contributed by atoms with Crippen LogP contribution in [0.15, 0.2) is 42.6 Å². The molecular weight excluding hydrogens is 285 g/mol. The topological polar surface area (TPSA) is 43.4 Å². The van der Waals surface area contributed by atoms with E-state index in [1.807, 2.05) is 0 Å². The van der Waals surface area contributed by atoms with E-state index in [0.717, 1.165) is 5.69 Å². The molecule has 1 aromatic heterocycles. The van der Waals surface area contributed by atoms with Crippen molar-refractivity contribution in [1.29, 1.82) is 0 Å². The summed E-state index contributed by atoms with van der Waals surface area (Å²) in [5.41, 5.74) is 0.798. The Morgan fingerprint density at radius 2 is 1.71 bits per heavy atom. The molecule has 0 bridgehead atoms. The number of pyridine rings is 1. The van der Waals surface area contributed by atoms with Crippen molar-refractivity contribution in [2.24, 2.45) is 0 Å². The second kappa shape index (κ2) is 6.45. The van der Waals surface area contributed by atoms with E-state index >= 15 is 0 Å². The molecule has 21 heavy (non-hydrogen) atoms. The minimum atomic E-state index is -4.70. The second-order valence-corrected chi connectivity index (χ2v) is 4.13. The van der Waals surface area contributed by atoms with Gasteiger partial charge in [0.05, 0.1) is 5.69 Å². The first-order valence-corrected chi connectivity index (χ1v) is 6.09. The largest absolute Gasteiger partial charge is 0.573 e. The molecule has 0 spiro atoms. The summed E-state index contributed by atoms with van der Waals surface area (Å²) in [5.74, 6) is 0.673. The molecular formula is C14H13F3N2O2. The molecule has 0 radical (unpaired) electrons. The quantitative estimate of drug-likeness (QED) is 0.917. The fourth-order valence-corrected chi connectivity index (χ4v) is 1.64. The predicted molar refractivity (Wildman–Crippen MR) is 70.2 cm³/mol. The van der Waals surface area contributed by atoms with Crippen molar-refractivity contribution in [3.63, 3.8) is 0 Å². The molecule has 112 valence electrons. The SMILES string of the molecule is CNCc1cc(Oc2ccc(OC(F)(F)F)cc2)ccn1. The summed E-state index contributed by atoms with van der Waals surface area (Å²) in [6.45, 7) is 0.593. The van der Waals surface area contributed by atoms with Crippen LogP contribution in [0.25, 0.3) is 0 Å². The summed E-state index contributed by atoms with van der Waals surface area (Å²) in [6, 6.07) is 8.60. The van der Waals surface area contributed by atoms with Crippen molar-refractivity contribution >= 4 is 0 Å². The lowest BCUT2D eigenvalue weighted by molar-refractivity contribution is -0.274. The summed E-state index contributed by atoms with van der Waals surface area (Å²) in [7, 11) is 1.80. The smallest absolute Gasteiger partial charge is 0.457 e. The first-order chi connectivity index (χ1) is 9.96. The van der Waals surface area contributed by atoms with Gasteiger partial charge in [0.25, 0.3) is 0 Å². The molecule has 2 aromatic rings. The van der Waals surface area contributed by atoms with Gasteiger partial charge in [0.15, 0.2) is 0 Å². The maximum absolute atomic E-state index is 12.0. The van der Waals surface area contributed by atoms with Crippen LogP contribution in [-0.4, -0.2) is 18.4 Å². The van der Waals surface area contributed by atoms with E-state index in [0.29, 0.717) is 18.0 Å². The highest BCUT2D eigenvalue weighted by atomic mass is 19.4. The van der Waals surface area contributed by atoms with Gasteiger partial charge in [-0.1, -0.05) is 0 Å². The van der Waals surface area contributed by atoms with Crippen LogP contribution in [0, 0.1) is 0 Å². The molecule has 0 aliphatic heterocycles. The summed E-state index contributed by atoms with van der Waals surface area (Å²) < 4.78 is 45.4. The van der Waals surface area contributed by atoms with Gasteiger partial charge in [-0.05, 0) is 37.4 Å². The number of benzene rings is 1. The normalized spacial score (nSPS) is 11.2. The fourth-order valence-electron chi connectivity index (χ4n) is 1.64. The Bertz CT molecular complexity index is 586.